The van der Waals surface area contributed by atoms with Crippen molar-refractivity contribution in [1.82, 2.24) is 0 Å². The van der Waals surface area contributed by atoms with Gasteiger partial charge in [0.25, 0.3) is 0 Å². The molecule has 1 aliphatic rings. The number of benzene rings is 3. The molecule has 0 bridgehead atoms. The van der Waals surface area contributed by atoms with Crippen LogP contribution in [-0.4, -0.2) is 88.1 Å². The first-order valence-electron chi connectivity index (χ1n) is 12.9. The number of hydrogen-bond donors (Lipinski definition) is 0. The molecule has 0 unspecified atom stereocenters. The summed E-state index contributed by atoms with van der Waals surface area (Å²) in [5.74, 6) is 0. The van der Waals surface area contributed by atoms with Gasteiger partial charge in [-0.05, 0) is 0 Å². The Kier molecular flexibility index (Phi) is 20.3. The molecule has 6 nitrogen and oxygen atoms in total. The normalized spacial score (nSPS) is 16.4. The van der Waals surface area contributed by atoms with Crippen molar-refractivity contribution in [2.24, 2.45) is 0 Å². The van der Waals surface area contributed by atoms with E-state index in [-0.39, 0.29) is 51.4 Å². The maximum atomic E-state index is 5.33. The minimum Gasteiger partial charge on any atom is -0.377 e. The zero-order chi connectivity index (χ0) is 25.6. The van der Waals surface area contributed by atoms with Gasteiger partial charge in [-0.3, -0.25) is 0 Å². The molecular weight excluding hydrogens is 524 g/mol. The van der Waals surface area contributed by atoms with Crippen molar-refractivity contribution in [2.45, 2.75) is 0 Å². The molecular formula is C30H39KO6Si. The zero-order valence-electron chi connectivity index (χ0n) is 22.6. The second-order valence-corrected chi connectivity index (χ2v) is 10.6. The Hall–Kier alpha value is -0.727. The molecule has 0 atom stereocenters. The molecule has 0 amide bonds. The molecule has 0 aromatic heterocycles. The second-order valence-electron chi connectivity index (χ2n) is 8.15. The van der Waals surface area contributed by atoms with Gasteiger partial charge in [-0.2, -0.15) is 15.6 Å². The third-order valence-electron chi connectivity index (χ3n) is 5.42. The van der Waals surface area contributed by atoms with Crippen molar-refractivity contribution >= 4 is 24.4 Å². The fourth-order valence-corrected chi connectivity index (χ4v) is 6.21. The fraction of sp³-hybridized carbons (Fsp3) is 0.400. The summed E-state index contributed by atoms with van der Waals surface area (Å²) >= 11 is 0. The molecule has 1 aliphatic heterocycles. The Morgan fingerprint density at radius 2 is 0.500 bits per heavy atom. The molecule has 8 heteroatoms. The molecule has 0 N–H and O–H groups in total. The van der Waals surface area contributed by atoms with E-state index in [2.05, 4.69) is 91.0 Å². The molecule has 4 rings (SSSR count). The summed E-state index contributed by atoms with van der Waals surface area (Å²) in [6, 6.07) is 32.5. The summed E-state index contributed by atoms with van der Waals surface area (Å²) in [5, 5.41) is 4.31. The van der Waals surface area contributed by atoms with E-state index in [1.165, 1.54) is 15.6 Å². The largest absolute Gasteiger partial charge is 1.00 e. The van der Waals surface area contributed by atoms with E-state index in [1.807, 2.05) is 0 Å². The van der Waals surface area contributed by atoms with Crippen LogP contribution >= 0.6 is 0 Å². The van der Waals surface area contributed by atoms with Crippen molar-refractivity contribution < 1.29 is 79.8 Å². The molecule has 0 saturated carbocycles. The van der Waals surface area contributed by atoms with Gasteiger partial charge in [0, 0.05) is 0 Å². The van der Waals surface area contributed by atoms with E-state index in [0.29, 0.717) is 79.3 Å². The van der Waals surface area contributed by atoms with Gasteiger partial charge in [0.1, 0.15) is 0 Å². The summed E-state index contributed by atoms with van der Waals surface area (Å²) < 4.78 is 32.0. The van der Waals surface area contributed by atoms with Crippen molar-refractivity contribution in [1.29, 1.82) is 0 Å². The second kappa shape index (κ2) is 23.0. The van der Waals surface area contributed by atoms with E-state index in [1.54, 1.807) is 0 Å². The van der Waals surface area contributed by atoms with Gasteiger partial charge < -0.3 is 28.4 Å². The van der Waals surface area contributed by atoms with Crippen LogP contribution in [0.4, 0.5) is 0 Å². The molecule has 0 aliphatic carbocycles. The minimum atomic E-state index is -0.877. The van der Waals surface area contributed by atoms with Gasteiger partial charge in [-0.15, -0.1) is 0 Å². The number of rotatable bonds is 3. The van der Waals surface area contributed by atoms with Gasteiger partial charge in [-0.1, -0.05) is 91.0 Å². The average Bonchev–Trinajstić information content (AvgIpc) is 2.95. The topological polar surface area (TPSA) is 55.4 Å². The van der Waals surface area contributed by atoms with Crippen molar-refractivity contribution in [3.63, 3.8) is 0 Å². The van der Waals surface area contributed by atoms with Gasteiger partial charge in [0.15, 0.2) is 0 Å². The predicted molar refractivity (Wildman–Crippen MR) is 149 cm³/mol. The van der Waals surface area contributed by atoms with Gasteiger partial charge in [-0.25, -0.2) is 8.80 Å². The molecule has 0 spiro atoms. The first-order chi connectivity index (χ1) is 18.4. The molecule has 3 aromatic carbocycles. The van der Waals surface area contributed by atoms with Crippen molar-refractivity contribution in [2.75, 3.05) is 79.3 Å². The zero-order valence-corrected chi connectivity index (χ0v) is 26.7. The van der Waals surface area contributed by atoms with Crippen molar-refractivity contribution in [3.05, 3.63) is 91.0 Å². The Morgan fingerprint density at radius 3 is 0.684 bits per heavy atom. The number of hydrogen-bond acceptors (Lipinski definition) is 6. The smallest absolute Gasteiger partial charge is 0.377 e. The quantitative estimate of drug-likeness (QED) is 0.311. The summed E-state index contributed by atoms with van der Waals surface area (Å²) in [4.78, 5) is 0. The van der Waals surface area contributed by atoms with Crippen LogP contribution in [-0.2, 0) is 28.4 Å². The predicted octanol–water partition coefficient (Wildman–Crippen LogP) is -0.694. The average molecular weight is 563 g/mol. The monoisotopic (exact) mass is 562 g/mol. The third-order valence-corrected chi connectivity index (χ3v) is 8.15. The molecule has 200 valence electrons. The fourth-order valence-electron chi connectivity index (χ4n) is 3.63. The van der Waals surface area contributed by atoms with Crippen LogP contribution in [0.25, 0.3) is 0 Å². The van der Waals surface area contributed by atoms with Crippen LogP contribution in [0, 0.1) is 0 Å². The Bertz CT molecular complexity index is 751. The molecule has 38 heavy (non-hydrogen) atoms. The SMILES string of the molecule is C1COCCOCCOCCOCCOCCO1.[K+].c1ccc([Si-](c2ccccc2)c2ccccc2)cc1. The van der Waals surface area contributed by atoms with Crippen LogP contribution in [0.3, 0.4) is 0 Å². The van der Waals surface area contributed by atoms with E-state index >= 15 is 0 Å². The minimum absolute atomic E-state index is 0. The van der Waals surface area contributed by atoms with E-state index < -0.39 is 8.80 Å². The Labute approximate surface area is 272 Å². The molecule has 0 radical (unpaired) electrons. The van der Waals surface area contributed by atoms with E-state index in [9.17, 15) is 0 Å². The maximum Gasteiger partial charge on any atom is 1.00 e. The first-order valence-corrected chi connectivity index (χ1v) is 14.4. The molecule has 1 heterocycles. The van der Waals surface area contributed by atoms with Crippen LogP contribution < -0.4 is 66.9 Å². The maximum absolute atomic E-state index is 5.33. The Morgan fingerprint density at radius 1 is 0.316 bits per heavy atom. The van der Waals surface area contributed by atoms with Crippen LogP contribution in [0.5, 0.6) is 0 Å². The molecule has 1 fully saturated rings. The summed E-state index contributed by atoms with van der Waals surface area (Å²) in [6.45, 7) is 7.04. The van der Waals surface area contributed by atoms with Crippen molar-refractivity contribution in [3.8, 4) is 0 Å². The first kappa shape index (κ1) is 33.5. The summed E-state index contributed by atoms with van der Waals surface area (Å²) in [6.07, 6.45) is 0. The standard InChI is InChI=1S/C18H15Si.C12H24O6.K/c1-4-10-16(11-5-1)19(17-12-6-2-7-13-17)18-14-8-3-9-15-18;1-2-14-5-6-16-9-10-18-12-11-17-8-7-15-4-3-13-1;/h1-15H;1-12H2;/q-1;;+1. The number of ether oxygens (including phenoxy) is 6. The van der Waals surface area contributed by atoms with E-state index in [0.717, 1.165) is 0 Å². The van der Waals surface area contributed by atoms with E-state index in [4.69, 9.17) is 28.4 Å². The van der Waals surface area contributed by atoms with Crippen LogP contribution in [0.15, 0.2) is 91.0 Å². The summed E-state index contributed by atoms with van der Waals surface area (Å²) in [7, 11) is -0.877. The molecule has 3 aromatic rings. The molecule has 1 saturated heterocycles. The van der Waals surface area contributed by atoms with Crippen LogP contribution in [0.2, 0.25) is 0 Å². The van der Waals surface area contributed by atoms with Gasteiger partial charge in [0.2, 0.25) is 0 Å². The Balaban J connectivity index is 0.000000261. The van der Waals surface area contributed by atoms with Gasteiger partial charge >= 0.3 is 51.4 Å². The summed E-state index contributed by atoms with van der Waals surface area (Å²) in [5.41, 5.74) is 0. The third kappa shape index (κ3) is 14.6. The van der Waals surface area contributed by atoms with Gasteiger partial charge in [0.05, 0.1) is 79.3 Å². The van der Waals surface area contributed by atoms with Crippen LogP contribution in [0.1, 0.15) is 0 Å².